The van der Waals surface area contributed by atoms with Gasteiger partial charge >= 0.3 is 5.97 Å². The maximum absolute atomic E-state index is 11.1. The molecule has 1 rings (SSSR count). The van der Waals surface area contributed by atoms with Crippen LogP contribution in [0.25, 0.3) is 0 Å². The minimum absolute atomic E-state index is 0.0645. The summed E-state index contributed by atoms with van der Waals surface area (Å²) in [4.78, 5) is 23.4. The van der Waals surface area contributed by atoms with Crippen LogP contribution in [0.1, 0.15) is 26.7 Å². The van der Waals surface area contributed by atoms with Crippen molar-refractivity contribution in [2.75, 3.05) is 13.2 Å². The molecule has 1 heterocycles. The highest BCUT2D eigenvalue weighted by molar-refractivity contribution is 5.74. The van der Waals surface area contributed by atoms with E-state index in [1.807, 2.05) is 0 Å². The molecule has 0 N–H and O–H groups in total. The van der Waals surface area contributed by atoms with Gasteiger partial charge in [0.25, 0.3) is 0 Å². The second-order valence-corrected chi connectivity index (χ2v) is 3.31. The summed E-state index contributed by atoms with van der Waals surface area (Å²) < 4.78 is 4.87. The van der Waals surface area contributed by atoms with Crippen LogP contribution < -0.4 is 0 Å². The van der Waals surface area contributed by atoms with Crippen molar-refractivity contribution in [1.29, 1.82) is 0 Å². The zero-order chi connectivity index (χ0) is 9.84. The first kappa shape index (κ1) is 10.0. The summed E-state index contributed by atoms with van der Waals surface area (Å²) in [6.07, 6.45) is 1.94. The van der Waals surface area contributed by atoms with Crippen LogP contribution in [0.5, 0.6) is 0 Å². The number of carbonyl (C=O) groups is 2. The van der Waals surface area contributed by atoms with Gasteiger partial charge in [-0.25, -0.2) is 0 Å². The van der Waals surface area contributed by atoms with Crippen molar-refractivity contribution in [1.82, 2.24) is 4.90 Å². The molecule has 0 spiro atoms. The van der Waals surface area contributed by atoms with Crippen LogP contribution in [0.3, 0.4) is 0 Å². The smallest absolute Gasteiger partial charge is 0.302 e. The van der Waals surface area contributed by atoms with Crippen LogP contribution in [0, 0.1) is 0 Å². The van der Waals surface area contributed by atoms with Gasteiger partial charge in [-0.3, -0.25) is 9.59 Å². The monoisotopic (exact) mass is 185 g/mol. The zero-order valence-electron chi connectivity index (χ0n) is 8.08. The molecular formula is C9H15NO3. The van der Waals surface area contributed by atoms with Gasteiger partial charge < -0.3 is 9.64 Å². The minimum atomic E-state index is -0.282. The predicted octanol–water partition coefficient (Wildman–Crippen LogP) is 0.560. The molecule has 13 heavy (non-hydrogen) atoms. The Kier molecular flexibility index (Phi) is 3.28. The number of ether oxygens (including phenoxy) is 1. The third kappa shape index (κ3) is 2.72. The van der Waals surface area contributed by atoms with Crippen LogP contribution in [0.15, 0.2) is 0 Å². The molecule has 0 unspecified atom stereocenters. The summed E-state index contributed by atoms with van der Waals surface area (Å²) in [5.74, 6) is -0.218. The lowest BCUT2D eigenvalue weighted by atomic mass is 10.2. The predicted molar refractivity (Wildman–Crippen MR) is 47.0 cm³/mol. The molecule has 1 amide bonds. The molecule has 4 nitrogen and oxygen atoms in total. The van der Waals surface area contributed by atoms with E-state index in [1.165, 1.54) is 6.92 Å². The van der Waals surface area contributed by atoms with Crippen LogP contribution in [-0.4, -0.2) is 36.0 Å². The number of esters is 1. The van der Waals surface area contributed by atoms with Gasteiger partial charge in [0.2, 0.25) is 5.91 Å². The highest BCUT2D eigenvalue weighted by atomic mass is 16.5. The highest BCUT2D eigenvalue weighted by Gasteiger charge is 2.26. The normalized spacial score (nSPS) is 21.7. The molecule has 1 fully saturated rings. The molecule has 4 heteroatoms. The molecule has 1 aliphatic heterocycles. The molecule has 74 valence electrons. The summed E-state index contributed by atoms with van der Waals surface area (Å²) in [5, 5.41) is 0. The van der Waals surface area contributed by atoms with Gasteiger partial charge in [-0.1, -0.05) is 0 Å². The molecule has 1 aliphatic rings. The van der Waals surface area contributed by atoms with E-state index in [9.17, 15) is 9.59 Å². The molecule has 0 saturated carbocycles. The van der Waals surface area contributed by atoms with Crippen LogP contribution >= 0.6 is 0 Å². The van der Waals surface area contributed by atoms with E-state index in [1.54, 1.807) is 11.8 Å². The summed E-state index contributed by atoms with van der Waals surface area (Å²) in [5.41, 5.74) is 0. The maximum Gasteiger partial charge on any atom is 0.302 e. The third-order valence-electron chi connectivity index (χ3n) is 2.26. The van der Waals surface area contributed by atoms with Gasteiger partial charge in [0.05, 0.1) is 6.04 Å². The van der Waals surface area contributed by atoms with Crippen molar-refractivity contribution >= 4 is 11.9 Å². The van der Waals surface area contributed by atoms with Crippen molar-refractivity contribution in [3.05, 3.63) is 0 Å². The standard InChI is InChI=1S/C9H15NO3/c1-7(11)10-5-3-4-9(10)6-13-8(2)12/h9H,3-6H2,1-2H3/t9-/m0/s1. The Hall–Kier alpha value is -1.06. The summed E-state index contributed by atoms with van der Waals surface area (Å²) in [6.45, 7) is 4.06. The quantitative estimate of drug-likeness (QED) is 0.590. The molecule has 0 aromatic rings. The van der Waals surface area contributed by atoms with E-state index in [2.05, 4.69) is 0 Å². The summed E-state index contributed by atoms with van der Waals surface area (Å²) in [6, 6.07) is 0.0985. The van der Waals surface area contributed by atoms with Crippen molar-refractivity contribution < 1.29 is 14.3 Å². The Morgan fingerprint density at radius 3 is 2.69 bits per heavy atom. The first-order chi connectivity index (χ1) is 6.11. The Morgan fingerprint density at radius 1 is 1.46 bits per heavy atom. The van der Waals surface area contributed by atoms with E-state index in [4.69, 9.17) is 4.74 Å². The van der Waals surface area contributed by atoms with Gasteiger partial charge in [0, 0.05) is 20.4 Å². The molecule has 0 bridgehead atoms. The number of hydrogen-bond donors (Lipinski definition) is 0. The van der Waals surface area contributed by atoms with E-state index in [0.29, 0.717) is 6.61 Å². The lowest BCUT2D eigenvalue weighted by Gasteiger charge is -2.22. The van der Waals surface area contributed by atoms with Crippen LogP contribution in [0.4, 0.5) is 0 Å². The second-order valence-electron chi connectivity index (χ2n) is 3.31. The molecule has 0 aliphatic carbocycles. The minimum Gasteiger partial charge on any atom is -0.464 e. The molecular weight excluding hydrogens is 170 g/mol. The number of amides is 1. The first-order valence-electron chi connectivity index (χ1n) is 4.52. The lowest BCUT2D eigenvalue weighted by Crippen LogP contribution is -2.37. The van der Waals surface area contributed by atoms with Crippen molar-refractivity contribution in [2.45, 2.75) is 32.7 Å². The average Bonchev–Trinajstić information content (AvgIpc) is 2.47. The van der Waals surface area contributed by atoms with Gasteiger partial charge in [-0.2, -0.15) is 0 Å². The number of hydrogen-bond acceptors (Lipinski definition) is 3. The topological polar surface area (TPSA) is 46.6 Å². The van der Waals surface area contributed by atoms with Crippen molar-refractivity contribution in [2.24, 2.45) is 0 Å². The molecule has 0 aromatic heterocycles. The molecule has 0 radical (unpaired) electrons. The number of likely N-dealkylation sites (tertiary alicyclic amines) is 1. The molecule has 0 aromatic carbocycles. The van der Waals surface area contributed by atoms with E-state index in [0.717, 1.165) is 19.4 Å². The summed E-state index contributed by atoms with van der Waals surface area (Å²) in [7, 11) is 0. The van der Waals surface area contributed by atoms with E-state index in [-0.39, 0.29) is 17.9 Å². The fourth-order valence-corrected chi connectivity index (χ4v) is 1.64. The SMILES string of the molecule is CC(=O)OC[C@@H]1CCCN1C(C)=O. The molecule has 1 atom stereocenters. The number of nitrogens with zero attached hydrogens (tertiary/aromatic N) is 1. The average molecular weight is 185 g/mol. The second kappa shape index (κ2) is 4.25. The Labute approximate surface area is 77.8 Å². The van der Waals surface area contributed by atoms with Gasteiger partial charge in [-0.15, -0.1) is 0 Å². The van der Waals surface area contributed by atoms with Crippen LogP contribution in [0.2, 0.25) is 0 Å². The van der Waals surface area contributed by atoms with Crippen LogP contribution in [-0.2, 0) is 14.3 Å². The fourth-order valence-electron chi connectivity index (χ4n) is 1.64. The fraction of sp³-hybridized carbons (Fsp3) is 0.778. The summed E-state index contributed by atoms with van der Waals surface area (Å²) >= 11 is 0. The highest BCUT2D eigenvalue weighted by Crippen LogP contribution is 2.17. The van der Waals surface area contributed by atoms with E-state index >= 15 is 0 Å². The first-order valence-corrected chi connectivity index (χ1v) is 4.52. The van der Waals surface area contributed by atoms with Gasteiger partial charge in [0.1, 0.15) is 6.61 Å². The number of rotatable bonds is 2. The Balaban J connectivity index is 2.39. The Morgan fingerprint density at radius 2 is 2.15 bits per heavy atom. The lowest BCUT2D eigenvalue weighted by molar-refractivity contribution is -0.144. The van der Waals surface area contributed by atoms with Gasteiger partial charge in [-0.05, 0) is 12.8 Å². The van der Waals surface area contributed by atoms with Crippen molar-refractivity contribution in [3.63, 3.8) is 0 Å². The molecule has 1 saturated heterocycles. The number of carbonyl (C=O) groups excluding carboxylic acids is 2. The maximum atomic E-state index is 11.1. The third-order valence-corrected chi connectivity index (χ3v) is 2.26. The van der Waals surface area contributed by atoms with Crippen molar-refractivity contribution in [3.8, 4) is 0 Å². The van der Waals surface area contributed by atoms with E-state index < -0.39 is 0 Å². The van der Waals surface area contributed by atoms with Gasteiger partial charge in [0.15, 0.2) is 0 Å². The Bertz CT molecular complexity index is 215. The zero-order valence-corrected chi connectivity index (χ0v) is 8.08. The largest absolute Gasteiger partial charge is 0.464 e.